The van der Waals surface area contributed by atoms with Gasteiger partial charge in [-0.05, 0) is 25.1 Å². The second-order valence-corrected chi connectivity index (χ2v) is 6.84. The molecule has 1 amide bonds. The topological polar surface area (TPSA) is 101 Å². The van der Waals surface area contributed by atoms with Crippen LogP contribution in [0.15, 0.2) is 53.7 Å². The van der Waals surface area contributed by atoms with Crippen LogP contribution in [0.3, 0.4) is 0 Å². The average Bonchev–Trinajstić information content (AvgIpc) is 3.04. The first kappa shape index (κ1) is 17.2. The number of amides is 1. The molecule has 4 aromatic rings. The molecule has 134 valence electrons. The SMILES string of the molecule is CC(=O)c1ccccc1NC(=O)CSc1nnc2c(n1)[nH]c1ccccc12. The Bertz CT molecular complexity index is 1170. The predicted octanol–water partition coefficient (Wildman–Crippen LogP) is 3.44. The fourth-order valence-corrected chi connectivity index (χ4v) is 3.37. The van der Waals surface area contributed by atoms with Crippen molar-refractivity contribution in [1.82, 2.24) is 20.2 Å². The molecule has 2 N–H and O–H groups in total. The molecule has 8 heteroatoms. The summed E-state index contributed by atoms with van der Waals surface area (Å²) >= 11 is 1.19. The predicted molar refractivity (Wildman–Crippen MR) is 105 cm³/mol. The number of hydrogen-bond donors (Lipinski definition) is 2. The molecule has 0 aliphatic carbocycles. The number of aromatic nitrogens is 4. The van der Waals surface area contributed by atoms with E-state index in [0.717, 1.165) is 10.9 Å². The number of benzene rings is 2. The molecule has 0 saturated carbocycles. The zero-order valence-electron chi connectivity index (χ0n) is 14.4. The van der Waals surface area contributed by atoms with Crippen molar-refractivity contribution in [1.29, 1.82) is 0 Å². The number of fused-ring (bicyclic) bond motifs is 3. The van der Waals surface area contributed by atoms with Crippen LogP contribution in [-0.4, -0.2) is 37.6 Å². The second kappa shape index (κ2) is 7.16. The number of anilines is 1. The average molecular weight is 377 g/mol. The third kappa shape index (κ3) is 3.52. The Morgan fingerprint density at radius 1 is 1.07 bits per heavy atom. The lowest BCUT2D eigenvalue weighted by Gasteiger charge is -2.08. The van der Waals surface area contributed by atoms with E-state index in [-0.39, 0.29) is 17.4 Å². The van der Waals surface area contributed by atoms with Crippen molar-refractivity contribution in [3.8, 4) is 0 Å². The largest absolute Gasteiger partial charge is 0.338 e. The van der Waals surface area contributed by atoms with Gasteiger partial charge in [-0.2, -0.15) is 0 Å². The van der Waals surface area contributed by atoms with E-state index in [1.807, 2.05) is 24.3 Å². The third-order valence-corrected chi connectivity index (χ3v) is 4.85. The highest BCUT2D eigenvalue weighted by Crippen LogP contribution is 2.23. The lowest BCUT2D eigenvalue weighted by atomic mass is 10.1. The quantitative estimate of drug-likeness (QED) is 0.408. The normalized spacial score (nSPS) is 11.0. The molecule has 7 nitrogen and oxygen atoms in total. The molecule has 0 spiro atoms. The van der Waals surface area contributed by atoms with Crippen molar-refractivity contribution in [2.24, 2.45) is 0 Å². The molecule has 0 aliphatic rings. The molecule has 0 fully saturated rings. The fourth-order valence-electron chi connectivity index (χ4n) is 2.78. The molecule has 0 saturated heterocycles. The van der Waals surface area contributed by atoms with Gasteiger partial charge < -0.3 is 10.3 Å². The second-order valence-electron chi connectivity index (χ2n) is 5.90. The van der Waals surface area contributed by atoms with Crippen molar-refractivity contribution >= 4 is 51.2 Å². The fraction of sp³-hybridized carbons (Fsp3) is 0.105. The van der Waals surface area contributed by atoms with Gasteiger partial charge in [-0.3, -0.25) is 9.59 Å². The van der Waals surface area contributed by atoms with Gasteiger partial charge in [0.25, 0.3) is 0 Å². The number of para-hydroxylation sites is 2. The lowest BCUT2D eigenvalue weighted by molar-refractivity contribution is -0.113. The smallest absolute Gasteiger partial charge is 0.234 e. The van der Waals surface area contributed by atoms with Gasteiger partial charge in [-0.15, -0.1) is 10.2 Å². The van der Waals surface area contributed by atoms with Crippen molar-refractivity contribution in [3.05, 3.63) is 54.1 Å². The minimum Gasteiger partial charge on any atom is -0.338 e. The van der Waals surface area contributed by atoms with E-state index < -0.39 is 0 Å². The van der Waals surface area contributed by atoms with Crippen molar-refractivity contribution < 1.29 is 9.59 Å². The number of aromatic amines is 1. The van der Waals surface area contributed by atoms with E-state index in [2.05, 4.69) is 25.5 Å². The summed E-state index contributed by atoms with van der Waals surface area (Å²) in [6, 6.07) is 14.7. The first-order valence-electron chi connectivity index (χ1n) is 8.25. The Balaban J connectivity index is 1.48. The molecule has 4 rings (SSSR count). The van der Waals surface area contributed by atoms with Gasteiger partial charge >= 0.3 is 0 Å². The summed E-state index contributed by atoms with van der Waals surface area (Å²) < 4.78 is 0. The number of hydrogen-bond acceptors (Lipinski definition) is 6. The summed E-state index contributed by atoms with van der Waals surface area (Å²) in [5.41, 5.74) is 3.26. The van der Waals surface area contributed by atoms with E-state index in [1.165, 1.54) is 18.7 Å². The van der Waals surface area contributed by atoms with Gasteiger partial charge in [-0.25, -0.2) is 4.98 Å². The highest BCUT2D eigenvalue weighted by molar-refractivity contribution is 7.99. The van der Waals surface area contributed by atoms with Crippen LogP contribution in [0.25, 0.3) is 22.1 Å². The van der Waals surface area contributed by atoms with Gasteiger partial charge in [0.05, 0.1) is 11.4 Å². The number of nitrogens with zero attached hydrogens (tertiary/aromatic N) is 3. The summed E-state index contributed by atoms with van der Waals surface area (Å²) in [5, 5.41) is 12.5. The summed E-state index contributed by atoms with van der Waals surface area (Å²) in [4.78, 5) is 31.5. The van der Waals surface area contributed by atoms with Crippen molar-refractivity contribution in [2.75, 3.05) is 11.1 Å². The van der Waals surface area contributed by atoms with Gasteiger partial charge in [0, 0.05) is 16.5 Å². The Hall–Kier alpha value is -3.26. The highest BCUT2D eigenvalue weighted by atomic mass is 32.2. The van der Waals surface area contributed by atoms with Gasteiger partial charge in [0.1, 0.15) is 5.52 Å². The molecular weight excluding hydrogens is 362 g/mol. The Labute approximate surface area is 158 Å². The maximum absolute atomic E-state index is 12.2. The summed E-state index contributed by atoms with van der Waals surface area (Å²) in [6.45, 7) is 1.47. The molecule has 2 heterocycles. The molecular formula is C19H15N5O2S. The monoisotopic (exact) mass is 377 g/mol. The maximum Gasteiger partial charge on any atom is 0.234 e. The van der Waals surface area contributed by atoms with Crippen LogP contribution >= 0.6 is 11.8 Å². The number of Topliss-reactive ketones (excluding diaryl/α,β-unsaturated/α-hetero) is 1. The molecule has 0 atom stereocenters. The number of thioether (sulfide) groups is 1. The van der Waals surface area contributed by atoms with E-state index >= 15 is 0 Å². The standard InChI is InChI=1S/C19H15N5O2S/c1-11(25)12-6-2-4-8-14(12)20-16(26)10-27-19-22-18-17(23-24-19)13-7-3-5-9-15(13)21-18/h2-9H,10H2,1H3,(H,20,26)(H,21,22,24). The zero-order valence-corrected chi connectivity index (χ0v) is 15.2. The van der Waals surface area contributed by atoms with E-state index in [9.17, 15) is 9.59 Å². The number of ketones is 1. The molecule has 2 aromatic carbocycles. The molecule has 0 radical (unpaired) electrons. The zero-order chi connectivity index (χ0) is 18.8. The molecule has 2 aromatic heterocycles. The van der Waals surface area contributed by atoms with Crippen LogP contribution in [-0.2, 0) is 4.79 Å². The van der Waals surface area contributed by atoms with Crippen LogP contribution in [0.1, 0.15) is 17.3 Å². The van der Waals surface area contributed by atoms with E-state index in [1.54, 1.807) is 24.3 Å². The minimum absolute atomic E-state index is 0.102. The Morgan fingerprint density at radius 2 is 1.85 bits per heavy atom. The molecule has 0 bridgehead atoms. The number of carbonyl (C=O) groups is 2. The number of H-pyrrole nitrogens is 1. The summed E-state index contributed by atoms with van der Waals surface area (Å²) in [7, 11) is 0. The van der Waals surface area contributed by atoms with Crippen LogP contribution in [0.4, 0.5) is 5.69 Å². The number of carbonyl (C=O) groups excluding carboxylic acids is 2. The number of rotatable bonds is 5. The molecule has 0 aliphatic heterocycles. The van der Waals surface area contributed by atoms with Gasteiger partial charge in [-0.1, -0.05) is 42.1 Å². The lowest BCUT2D eigenvalue weighted by Crippen LogP contribution is -2.16. The van der Waals surface area contributed by atoms with Crippen LogP contribution in [0.5, 0.6) is 0 Å². The van der Waals surface area contributed by atoms with Gasteiger partial charge in [0.15, 0.2) is 11.4 Å². The highest BCUT2D eigenvalue weighted by Gasteiger charge is 2.12. The summed E-state index contributed by atoms with van der Waals surface area (Å²) in [5.74, 6) is -0.232. The van der Waals surface area contributed by atoms with E-state index in [4.69, 9.17) is 0 Å². The first-order valence-corrected chi connectivity index (χ1v) is 9.24. The third-order valence-electron chi connectivity index (χ3n) is 4.02. The van der Waals surface area contributed by atoms with Crippen molar-refractivity contribution in [3.63, 3.8) is 0 Å². The minimum atomic E-state index is -0.242. The molecule has 27 heavy (non-hydrogen) atoms. The van der Waals surface area contributed by atoms with Gasteiger partial charge in [0.2, 0.25) is 11.1 Å². The Morgan fingerprint density at radius 3 is 2.70 bits per heavy atom. The molecule has 0 unspecified atom stereocenters. The van der Waals surface area contributed by atoms with Crippen LogP contribution in [0.2, 0.25) is 0 Å². The Kier molecular flexibility index (Phi) is 4.55. The van der Waals surface area contributed by atoms with Crippen LogP contribution in [0, 0.1) is 0 Å². The maximum atomic E-state index is 12.2. The number of nitrogens with one attached hydrogen (secondary N) is 2. The van der Waals surface area contributed by atoms with E-state index in [0.29, 0.717) is 27.6 Å². The van der Waals surface area contributed by atoms with Crippen LogP contribution < -0.4 is 5.32 Å². The summed E-state index contributed by atoms with van der Waals surface area (Å²) in [6.07, 6.45) is 0. The first-order chi connectivity index (χ1) is 13.1. The van der Waals surface area contributed by atoms with Crippen molar-refractivity contribution in [2.45, 2.75) is 12.1 Å².